The summed E-state index contributed by atoms with van der Waals surface area (Å²) in [5.41, 5.74) is 0. The van der Waals surface area contributed by atoms with Gasteiger partial charge in [-0.25, -0.2) is 4.98 Å². The smallest absolute Gasteiger partial charge is 0.128 e. The second-order valence-electron chi connectivity index (χ2n) is 2.47. The first-order valence-electron chi connectivity index (χ1n) is 4.31. The van der Waals surface area contributed by atoms with E-state index in [2.05, 4.69) is 29.5 Å². The van der Waals surface area contributed by atoms with Crippen molar-refractivity contribution >= 4 is 11.6 Å². The summed E-state index contributed by atoms with van der Waals surface area (Å²) >= 11 is 0. The number of pyridine rings is 1. The highest BCUT2D eigenvalue weighted by Gasteiger charge is 1.93. The molecule has 1 heterocycles. The van der Waals surface area contributed by atoms with Gasteiger partial charge in [-0.3, -0.25) is 0 Å². The summed E-state index contributed by atoms with van der Waals surface area (Å²) in [7, 11) is 0. The molecule has 0 saturated heterocycles. The van der Waals surface area contributed by atoms with E-state index >= 15 is 0 Å². The molecule has 12 heavy (non-hydrogen) atoms. The van der Waals surface area contributed by atoms with E-state index < -0.39 is 0 Å². The Kier molecular flexibility index (Phi) is 3.38. The zero-order valence-electron chi connectivity index (χ0n) is 7.59. The summed E-state index contributed by atoms with van der Waals surface area (Å²) in [6, 6.07) is 5.91. The number of anilines is 2. The van der Waals surface area contributed by atoms with Crippen LogP contribution in [0.2, 0.25) is 0 Å². The van der Waals surface area contributed by atoms with E-state index in [9.17, 15) is 0 Å². The molecule has 0 amide bonds. The highest BCUT2D eigenvalue weighted by atomic mass is 15.1. The molecule has 66 valence electrons. The topological polar surface area (TPSA) is 37.0 Å². The van der Waals surface area contributed by atoms with Gasteiger partial charge in [-0.2, -0.15) is 0 Å². The maximum atomic E-state index is 4.33. The maximum Gasteiger partial charge on any atom is 0.128 e. The summed E-state index contributed by atoms with van der Waals surface area (Å²) in [6.07, 6.45) is 0. The van der Waals surface area contributed by atoms with E-state index in [-0.39, 0.29) is 0 Å². The first-order chi connectivity index (χ1) is 5.86. The molecule has 0 unspecified atom stereocenters. The summed E-state index contributed by atoms with van der Waals surface area (Å²) in [4.78, 5) is 4.33. The van der Waals surface area contributed by atoms with Crippen molar-refractivity contribution in [2.24, 2.45) is 0 Å². The van der Waals surface area contributed by atoms with Gasteiger partial charge < -0.3 is 10.6 Å². The van der Waals surface area contributed by atoms with Gasteiger partial charge in [-0.1, -0.05) is 6.07 Å². The number of nitrogens with one attached hydrogen (secondary N) is 2. The predicted molar refractivity (Wildman–Crippen MR) is 52.6 cm³/mol. The van der Waals surface area contributed by atoms with Gasteiger partial charge in [0.1, 0.15) is 11.6 Å². The number of hydrogen-bond acceptors (Lipinski definition) is 3. The van der Waals surface area contributed by atoms with Crippen LogP contribution in [0.3, 0.4) is 0 Å². The summed E-state index contributed by atoms with van der Waals surface area (Å²) < 4.78 is 0. The molecule has 3 nitrogen and oxygen atoms in total. The van der Waals surface area contributed by atoms with Gasteiger partial charge in [0.15, 0.2) is 0 Å². The highest BCUT2D eigenvalue weighted by molar-refractivity contribution is 5.44. The molecule has 0 aliphatic rings. The van der Waals surface area contributed by atoms with Crippen LogP contribution in [0.15, 0.2) is 18.2 Å². The van der Waals surface area contributed by atoms with E-state index in [1.54, 1.807) is 0 Å². The molecule has 3 heteroatoms. The molecule has 0 fully saturated rings. The van der Waals surface area contributed by atoms with Gasteiger partial charge in [0.05, 0.1) is 0 Å². The first-order valence-corrected chi connectivity index (χ1v) is 4.31. The highest BCUT2D eigenvalue weighted by Crippen LogP contribution is 2.07. The molecular weight excluding hydrogens is 150 g/mol. The Labute approximate surface area is 73.2 Å². The fraction of sp³-hybridized carbons (Fsp3) is 0.444. The minimum Gasteiger partial charge on any atom is -0.370 e. The van der Waals surface area contributed by atoms with Gasteiger partial charge in [0.25, 0.3) is 0 Å². The van der Waals surface area contributed by atoms with Crippen molar-refractivity contribution in [1.82, 2.24) is 4.98 Å². The van der Waals surface area contributed by atoms with Crippen LogP contribution >= 0.6 is 0 Å². The quantitative estimate of drug-likeness (QED) is 0.716. The molecular formula is C9H15N3. The lowest BCUT2D eigenvalue weighted by Crippen LogP contribution is -2.03. The van der Waals surface area contributed by atoms with Crippen LogP contribution in [-0.2, 0) is 0 Å². The minimum atomic E-state index is 0.905. The van der Waals surface area contributed by atoms with Crippen LogP contribution in [0, 0.1) is 0 Å². The molecule has 0 aromatic carbocycles. The predicted octanol–water partition coefficient (Wildman–Crippen LogP) is 1.95. The number of aromatic nitrogens is 1. The lowest BCUT2D eigenvalue weighted by atomic mass is 10.4. The van der Waals surface area contributed by atoms with Crippen molar-refractivity contribution < 1.29 is 0 Å². The van der Waals surface area contributed by atoms with Crippen LogP contribution in [-0.4, -0.2) is 18.1 Å². The van der Waals surface area contributed by atoms with Gasteiger partial charge in [0, 0.05) is 13.1 Å². The summed E-state index contributed by atoms with van der Waals surface area (Å²) in [5, 5.41) is 6.31. The van der Waals surface area contributed by atoms with E-state index in [0.29, 0.717) is 0 Å². The molecule has 1 aromatic heterocycles. The largest absolute Gasteiger partial charge is 0.370 e. The SMILES string of the molecule is CCNc1cccc(NCC)n1. The fourth-order valence-electron chi connectivity index (χ4n) is 0.994. The third-order valence-electron chi connectivity index (χ3n) is 1.46. The van der Waals surface area contributed by atoms with Crippen molar-refractivity contribution in [3.63, 3.8) is 0 Å². The van der Waals surface area contributed by atoms with Crippen LogP contribution in [0.1, 0.15) is 13.8 Å². The van der Waals surface area contributed by atoms with Gasteiger partial charge >= 0.3 is 0 Å². The van der Waals surface area contributed by atoms with Crippen LogP contribution < -0.4 is 10.6 Å². The van der Waals surface area contributed by atoms with Crippen LogP contribution in [0.4, 0.5) is 11.6 Å². The molecule has 0 aliphatic heterocycles. The average Bonchev–Trinajstić information content (AvgIpc) is 2.06. The molecule has 0 aliphatic carbocycles. The molecule has 2 N–H and O–H groups in total. The molecule has 0 atom stereocenters. The Morgan fingerprint density at radius 2 is 1.58 bits per heavy atom. The third kappa shape index (κ3) is 2.42. The van der Waals surface area contributed by atoms with E-state index in [1.165, 1.54) is 0 Å². The zero-order chi connectivity index (χ0) is 8.81. The van der Waals surface area contributed by atoms with E-state index in [0.717, 1.165) is 24.7 Å². The van der Waals surface area contributed by atoms with Crippen molar-refractivity contribution in [2.45, 2.75) is 13.8 Å². The second kappa shape index (κ2) is 4.59. The van der Waals surface area contributed by atoms with Crippen molar-refractivity contribution in [1.29, 1.82) is 0 Å². The van der Waals surface area contributed by atoms with Crippen molar-refractivity contribution in [3.05, 3.63) is 18.2 Å². The molecule has 0 bridgehead atoms. The maximum absolute atomic E-state index is 4.33. The standard InChI is InChI=1S/C9H15N3/c1-3-10-8-6-5-7-9(12-8)11-4-2/h5-7H,3-4H2,1-2H3,(H2,10,11,12). The van der Waals surface area contributed by atoms with Crippen molar-refractivity contribution in [3.8, 4) is 0 Å². The Hall–Kier alpha value is -1.25. The fourth-order valence-corrected chi connectivity index (χ4v) is 0.994. The molecule has 0 saturated carbocycles. The molecule has 1 aromatic rings. The third-order valence-corrected chi connectivity index (χ3v) is 1.46. The first kappa shape index (κ1) is 8.84. The molecule has 1 rings (SSSR count). The summed E-state index contributed by atoms with van der Waals surface area (Å²) in [5.74, 6) is 1.85. The molecule has 0 radical (unpaired) electrons. The Balaban J connectivity index is 2.67. The Morgan fingerprint density at radius 3 is 2.00 bits per heavy atom. The normalized spacial score (nSPS) is 9.50. The van der Waals surface area contributed by atoms with E-state index in [1.807, 2.05) is 18.2 Å². The van der Waals surface area contributed by atoms with Crippen molar-refractivity contribution in [2.75, 3.05) is 23.7 Å². The molecule has 0 spiro atoms. The Morgan fingerprint density at radius 1 is 1.08 bits per heavy atom. The monoisotopic (exact) mass is 165 g/mol. The van der Waals surface area contributed by atoms with E-state index in [4.69, 9.17) is 0 Å². The van der Waals surface area contributed by atoms with Gasteiger partial charge in [0.2, 0.25) is 0 Å². The Bertz CT molecular complexity index is 214. The number of rotatable bonds is 4. The van der Waals surface area contributed by atoms with Crippen LogP contribution in [0.5, 0.6) is 0 Å². The number of hydrogen-bond donors (Lipinski definition) is 2. The van der Waals surface area contributed by atoms with Crippen LogP contribution in [0.25, 0.3) is 0 Å². The van der Waals surface area contributed by atoms with Gasteiger partial charge in [-0.05, 0) is 26.0 Å². The average molecular weight is 165 g/mol. The van der Waals surface area contributed by atoms with Gasteiger partial charge in [-0.15, -0.1) is 0 Å². The lowest BCUT2D eigenvalue weighted by Gasteiger charge is -2.05. The summed E-state index contributed by atoms with van der Waals surface area (Å²) in [6.45, 7) is 5.92. The zero-order valence-corrected chi connectivity index (χ0v) is 7.59. The lowest BCUT2D eigenvalue weighted by molar-refractivity contribution is 1.12. The number of nitrogens with zero attached hydrogens (tertiary/aromatic N) is 1. The minimum absolute atomic E-state index is 0.905. The second-order valence-corrected chi connectivity index (χ2v) is 2.47.